The van der Waals surface area contributed by atoms with Gasteiger partial charge in [0.1, 0.15) is 12.7 Å². The highest BCUT2D eigenvalue weighted by atomic mass is 19.4. The fraction of sp³-hybridized carbons (Fsp3) is 0.190. The van der Waals surface area contributed by atoms with Gasteiger partial charge in [-0.25, -0.2) is 14.5 Å². The van der Waals surface area contributed by atoms with Gasteiger partial charge in [0.25, 0.3) is 0 Å². The first kappa shape index (κ1) is 24.2. The van der Waals surface area contributed by atoms with E-state index in [0.29, 0.717) is 11.8 Å². The Bertz CT molecular complexity index is 1230. The number of anilines is 3. The third kappa shape index (κ3) is 5.68. The first-order valence-corrected chi connectivity index (χ1v) is 9.66. The molecule has 0 bridgehead atoms. The Kier molecular flexibility index (Phi) is 6.84. The van der Waals surface area contributed by atoms with E-state index in [9.17, 15) is 27.6 Å². The van der Waals surface area contributed by atoms with Gasteiger partial charge in [-0.3, -0.25) is 14.9 Å². The van der Waals surface area contributed by atoms with Crippen molar-refractivity contribution in [3.63, 3.8) is 0 Å². The average Bonchev–Trinajstić information content (AvgIpc) is 3.28. The molecule has 34 heavy (non-hydrogen) atoms. The highest BCUT2D eigenvalue weighted by Gasteiger charge is 2.35. The van der Waals surface area contributed by atoms with E-state index in [1.54, 1.807) is 12.1 Å². The summed E-state index contributed by atoms with van der Waals surface area (Å²) < 4.78 is 42.1. The minimum absolute atomic E-state index is 0.172. The predicted octanol–water partition coefficient (Wildman–Crippen LogP) is 3.65. The molecule has 0 saturated heterocycles. The van der Waals surface area contributed by atoms with Gasteiger partial charge in [-0.1, -0.05) is 12.1 Å². The van der Waals surface area contributed by atoms with Crippen molar-refractivity contribution in [2.75, 3.05) is 29.6 Å². The highest BCUT2D eigenvalue weighted by molar-refractivity contribution is 6.12. The summed E-state index contributed by atoms with van der Waals surface area (Å²) in [6.07, 6.45) is -4.28. The summed E-state index contributed by atoms with van der Waals surface area (Å²) in [7, 11) is 2.72. The van der Waals surface area contributed by atoms with Gasteiger partial charge in [-0.2, -0.15) is 18.3 Å². The van der Waals surface area contributed by atoms with Gasteiger partial charge >= 0.3 is 12.3 Å². The number of aromatic nitrogens is 3. The molecule has 0 spiro atoms. The van der Waals surface area contributed by atoms with Gasteiger partial charge in [-0.05, 0) is 24.3 Å². The topological polar surface area (TPSA) is 129 Å². The Hall–Kier alpha value is -4.42. The third-order valence-electron chi connectivity index (χ3n) is 4.61. The number of hydrogen-bond donors (Lipinski definition) is 3. The van der Waals surface area contributed by atoms with Crippen molar-refractivity contribution in [3.05, 3.63) is 60.2 Å². The largest absolute Gasteiger partial charge is 0.465 e. The zero-order valence-electron chi connectivity index (χ0n) is 17.9. The van der Waals surface area contributed by atoms with E-state index in [1.807, 2.05) is 5.32 Å². The first-order valence-electron chi connectivity index (χ1n) is 9.66. The van der Waals surface area contributed by atoms with E-state index in [4.69, 9.17) is 5.11 Å². The van der Waals surface area contributed by atoms with Gasteiger partial charge in [-0.15, -0.1) is 0 Å². The molecular formula is C21H19F3N6O4. The number of benzene rings is 2. The molecule has 1 heterocycles. The zero-order valence-corrected chi connectivity index (χ0v) is 17.9. The predicted molar refractivity (Wildman–Crippen MR) is 116 cm³/mol. The second kappa shape index (κ2) is 9.60. The average molecular weight is 476 g/mol. The summed E-state index contributed by atoms with van der Waals surface area (Å²) in [6, 6.07) is 7.77. The fourth-order valence-corrected chi connectivity index (χ4v) is 3.11. The zero-order chi connectivity index (χ0) is 25.0. The molecule has 0 aliphatic heterocycles. The van der Waals surface area contributed by atoms with Gasteiger partial charge in [0.05, 0.1) is 34.7 Å². The van der Waals surface area contributed by atoms with Crippen LogP contribution in [-0.4, -0.2) is 51.7 Å². The number of alkyl halides is 3. The lowest BCUT2D eigenvalue weighted by Gasteiger charge is -2.22. The summed E-state index contributed by atoms with van der Waals surface area (Å²) in [5, 5.41) is 17.2. The summed E-state index contributed by atoms with van der Waals surface area (Å²) in [6.45, 7) is 0. The molecular weight excluding hydrogens is 457 g/mol. The number of carbonyl (C=O) groups is 3. The van der Waals surface area contributed by atoms with Crippen molar-refractivity contribution in [1.82, 2.24) is 14.8 Å². The van der Waals surface area contributed by atoms with Gasteiger partial charge in [0.2, 0.25) is 5.91 Å². The minimum atomic E-state index is -4.78. The smallest absolute Gasteiger partial charge is 0.418 e. The molecule has 0 aliphatic carbocycles. The van der Waals surface area contributed by atoms with Crippen LogP contribution in [0.15, 0.2) is 49.1 Å². The van der Waals surface area contributed by atoms with Crippen LogP contribution in [-0.2, 0) is 11.0 Å². The molecule has 13 heteroatoms. The van der Waals surface area contributed by atoms with Crippen LogP contribution in [0.3, 0.4) is 0 Å². The van der Waals surface area contributed by atoms with Crippen molar-refractivity contribution in [1.29, 1.82) is 0 Å². The molecule has 178 valence electrons. The normalized spacial score (nSPS) is 11.1. The number of amides is 2. The van der Waals surface area contributed by atoms with E-state index in [0.717, 1.165) is 11.0 Å². The van der Waals surface area contributed by atoms with E-state index in [1.165, 1.54) is 43.6 Å². The van der Waals surface area contributed by atoms with Crippen LogP contribution in [0.5, 0.6) is 0 Å². The number of nitrogens with one attached hydrogen (secondary N) is 2. The van der Waals surface area contributed by atoms with Gasteiger partial charge < -0.3 is 15.3 Å². The minimum Gasteiger partial charge on any atom is -0.465 e. The Morgan fingerprint density at radius 1 is 1.09 bits per heavy atom. The molecule has 3 aromatic rings. The van der Waals surface area contributed by atoms with E-state index in [2.05, 4.69) is 15.4 Å². The van der Waals surface area contributed by atoms with E-state index < -0.39 is 41.6 Å². The molecule has 10 nitrogen and oxygen atoms in total. The lowest BCUT2D eigenvalue weighted by molar-refractivity contribution is -0.137. The van der Waals surface area contributed by atoms with Crippen LogP contribution in [0.2, 0.25) is 0 Å². The summed E-state index contributed by atoms with van der Waals surface area (Å²) in [5.41, 5.74) is -1.42. The second-order valence-electron chi connectivity index (χ2n) is 7.28. The maximum Gasteiger partial charge on any atom is 0.418 e. The molecule has 0 fully saturated rings. The number of ketones is 1. The summed E-state index contributed by atoms with van der Waals surface area (Å²) >= 11 is 0. The lowest BCUT2D eigenvalue weighted by Crippen LogP contribution is -2.21. The molecule has 0 atom stereocenters. The van der Waals surface area contributed by atoms with Gasteiger partial charge in [0.15, 0.2) is 5.78 Å². The molecule has 0 unspecified atom stereocenters. The standard InChI is InChI=1S/C21H19F3N6O4/c1-29(2)17-8-16(28-20(33)34)15(7-14(17)21(22,23)24)27-19(32)9-18(31)12-4-3-5-13(6-12)30-11-25-10-26-30/h3-8,10-11,28H,9H2,1-2H3,(H,27,32)(H,33,34). The number of nitrogens with zero attached hydrogens (tertiary/aromatic N) is 4. The van der Waals surface area contributed by atoms with Crippen LogP contribution < -0.4 is 15.5 Å². The van der Waals surface area contributed by atoms with E-state index >= 15 is 0 Å². The van der Waals surface area contributed by atoms with Crippen molar-refractivity contribution in [2.24, 2.45) is 0 Å². The monoisotopic (exact) mass is 476 g/mol. The Labute approximate surface area is 191 Å². The van der Waals surface area contributed by atoms with Gasteiger partial charge in [0, 0.05) is 19.7 Å². The second-order valence-corrected chi connectivity index (χ2v) is 7.28. The fourth-order valence-electron chi connectivity index (χ4n) is 3.11. The van der Waals surface area contributed by atoms with Crippen molar-refractivity contribution in [3.8, 4) is 5.69 Å². The Morgan fingerprint density at radius 2 is 1.79 bits per heavy atom. The van der Waals surface area contributed by atoms with Crippen LogP contribution in [0.1, 0.15) is 22.3 Å². The van der Waals surface area contributed by atoms with Crippen LogP contribution >= 0.6 is 0 Å². The summed E-state index contributed by atoms with van der Waals surface area (Å²) in [4.78, 5) is 41.2. The number of carbonyl (C=O) groups excluding carboxylic acids is 2. The molecule has 0 aliphatic rings. The Morgan fingerprint density at radius 3 is 2.38 bits per heavy atom. The SMILES string of the molecule is CN(C)c1cc(NC(=O)O)c(NC(=O)CC(=O)c2cccc(-n3cncn3)c2)cc1C(F)(F)F. The van der Waals surface area contributed by atoms with Crippen molar-refractivity contribution >= 4 is 34.8 Å². The number of hydrogen-bond acceptors (Lipinski definition) is 6. The molecule has 0 saturated carbocycles. The third-order valence-corrected chi connectivity index (χ3v) is 4.61. The lowest BCUT2D eigenvalue weighted by atomic mass is 10.1. The maximum atomic E-state index is 13.6. The molecule has 2 amide bonds. The van der Waals surface area contributed by atoms with Crippen LogP contribution in [0.25, 0.3) is 5.69 Å². The van der Waals surface area contributed by atoms with Crippen LogP contribution in [0, 0.1) is 0 Å². The molecule has 0 radical (unpaired) electrons. The highest BCUT2D eigenvalue weighted by Crippen LogP contribution is 2.41. The molecule has 1 aromatic heterocycles. The van der Waals surface area contributed by atoms with Crippen LogP contribution in [0.4, 0.5) is 35.0 Å². The quantitative estimate of drug-likeness (QED) is 0.351. The Balaban J connectivity index is 1.86. The van der Waals surface area contributed by atoms with Crippen molar-refractivity contribution in [2.45, 2.75) is 12.6 Å². The van der Waals surface area contributed by atoms with Crippen molar-refractivity contribution < 1.29 is 32.7 Å². The molecule has 3 N–H and O–H groups in total. The number of Topliss-reactive ketones (excluding diaryl/α,β-unsaturated/α-hetero) is 1. The van der Waals surface area contributed by atoms with E-state index in [-0.39, 0.29) is 16.9 Å². The summed E-state index contributed by atoms with van der Waals surface area (Å²) in [5.74, 6) is -1.52. The number of carboxylic acid groups (broad SMARTS) is 1. The number of rotatable bonds is 7. The maximum absolute atomic E-state index is 13.6. The molecule has 2 aromatic carbocycles. The number of halogens is 3. The molecule has 3 rings (SSSR count). The first-order chi connectivity index (χ1) is 16.0.